The van der Waals surface area contributed by atoms with Crippen LogP contribution in [-0.2, 0) is 4.79 Å². The molecule has 1 amide bonds. The molecule has 1 aliphatic rings. The van der Waals surface area contributed by atoms with E-state index in [2.05, 4.69) is 4.98 Å². The van der Waals surface area contributed by atoms with Gasteiger partial charge in [-0.15, -0.1) is 0 Å². The van der Waals surface area contributed by atoms with Crippen LogP contribution in [0.5, 0.6) is 0 Å². The minimum Gasteiger partial charge on any atom is -0.394 e. The first-order chi connectivity index (χ1) is 10.3. The van der Waals surface area contributed by atoms with Gasteiger partial charge < -0.3 is 10.0 Å². The normalized spacial score (nSPS) is 18.7. The highest BCUT2D eigenvalue weighted by atomic mass is 16.3. The number of pyridine rings is 1. The van der Waals surface area contributed by atoms with E-state index in [0.29, 0.717) is 0 Å². The van der Waals surface area contributed by atoms with Crippen molar-refractivity contribution >= 4 is 22.9 Å². The summed E-state index contributed by atoms with van der Waals surface area (Å²) in [6.07, 6.45) is 7.02. The first kappa shape index (κ1) is 13.8. The van der Waals surface area contributed by atoms with Crippen LogP contribution in [-0.4, -0.2) is 40.1 Å². The molecule has 3 rings (SSSR count). The Morgan fingerprint density at radius 1 is 1.38 bits per heavy atom. The number of carbonyl (C=O) groups is 1. The van der Waals surface area contributed by atoms with Crippen LogP contribution in [0.1, 0.15) is 18.4 Å². The Morgan fingerprint density at radius 2 is 2.24 bits per heavy atom. The van der Waals surface area contributed by atoms with Gasteiger partial charge in [0.1, 0.15) is 0 Å². The van der Waals surface area contributed by atoms with Crippen molar-refractivity contribution < 1.29 is 9.90 Å². The average molecular weight is 282 g/mol. The molecule has 21 heavy (non-hydrogen) atoms. The zero-order valence-corrected chi connectivity index (χ0v) is 11.8. The van der Waals surface area contributed by atoms with Crippen molar-refractivity contribution in [1.82, 2.24) is 9.88 Å². The number of fused-ring (bicyclic) bond motifs is 1. The Bertz CT molecular complexity index is 676. The summed E-state index contributed by atoms with van der Waals surface area (Å²) in [4.78, 5) is 18.3. The van der Waals surface area contributed by atoms with E-state index in [1.807, 2.05) is 36.4 Å². The number of amides is 1. The first-order valence-corrected chi connectivity index (χ1v) is 7.23. The second-order valence-electron chi connectivity index (χ2n) is 5.26. The van der Waals surface area contributed by atoms with Crippen LogP contribution < -0.4 is 0 Å². The molecule has 0 saturated carbocycles. The van der Waals surface area contributed by atoms with Crippen molar-refractivity contribution in [2.24, 2.45) is 0 Å². The van der Waals surface area contributed by atoms with Crippen molar-refractivity contribution in [3.8, 4) is 0 Å². The highest BCUT2D eigenvalue weighted by Gasteiger charge is 2.26. The van der Waals surface area contributed by atoms with E-state index < -0.39 is 0 Å². The van der Waals surface area contributed by atoms with E-state index in [0.717, 1.165) is 35.9 Å². The highest BCUT2D eigenvalue weighted by Crippen LogP contribution is 2.19. The molecule has 0 aliphatic carbocycles. The number of hydrogen-bond acceptors (Lipinski definition) is 3. The molecule has 4 heteroatoms. The summed E-state index contributed by atoms with van der Waals surface area (Å²) in [6, 6.07) is 9.74. The minimum atomic E-state index is -0.0348. The van der Waals surface area contributed by atoms with Gasteiger partial charge in [0.2, 0.25) is 5.91 Å². The minimum absolute atomic E-state index is 0.0312. The summed E-state index contributed by atoms with van der Waals surface area (Å²) in [5, 5.41) is 10.3. The number of benzene rings is 1. The summed E-state index contributed by atoms with van der Waals surface area (Å²) < 4.78 is 0. The zero-order valence-electron chi connectivity index (χ0n) is 11.8. The number of hydrogen-bond donors (Lipinski definition) is 1. The third kappa shape index (κ3) is 2.81. The summed E-state index contributed by atoms with van der Waals surface area (Å²) in [5.74, 6) is -0.0348. The van der Waals surface area contributed by atoms with Crippen LogP contribution >= 0.6 is 0 Å². The molecule has 4 nitrogen and oxygen atoms in total. The topological polar surface area (TPSA) is 53.4 Å². The summed E-state index contributed by atoms with van der Waals surface area (Å²) >= 11 is 0. The SMILES string of the molecule is O=C(/C=C/c1ccnc2ccccc12)N1CCCC1CO. The lowest BCUT2D eigenvalue weighted by Gasteiger charge is -2.21. The van der Waals surface area contributed by atoms with Crippen LogP contribution in [0.25, 0.3) is 17.0 Å². The largest absolute Gasteiger partial charge is 0.394 e. The Kier molecular flexibility index (Phi) is 3.97. The van der Waals surface area contributed by atoms with Gasteiger partial charge in [-0.3, -0.25) is 9.78 Å². The van der Waals surface area contributed by atoms with Crippen LogP contribution in [0.2, 0.25) is 0 Å². The molecule has 1 aromatic heterocycles. The van der Waals surface area contributed by atoms with Gasteiger partial charge in [-0.1, -0.05) is 18.2 Å². The molecule has 0 radical (unpaired) electrons. The zero-order chi connectivity index (χ0) is 14.7. The summed E-state index contributed by atoms with van der Waals surface area (Å²) in [5.41, 5.74) is 1.90. The van der Waals surface area contributed by atoms with E-state index in [-0.39, 0.29) is 18.6 Å². The van der Waals surface area contributed by atoms with Gasteiger partial charge in [0.25, 0.3) is 0 Å². The molecule has 0 bridgehead atoms. The Labute approximate surface area is 123 Å². The number of para-hydroxylation sites is 1. The van der Waals surface area contributed by atoms with Gasteiger partial charge in [0, 0.05) is 24.2 Å². The number of carbonyl (C=O) groups excluding carboxylic acids is 1. The fourth-order valence-electron chi connectivity index (χ4n) is 2.84. The van der Waals surface area contributed by atoms with Gasteiger partial charge in [0.15, 0.2) is 0 Å². The second kappa shape index (κ2) is 6.06. The number of aliphatic hydroxyl groups excluding tert-OH is 1. The summed E-state index contributed by atoms with van der Waals surface area (Å²) in [6.45, 7) is 0.767. The molecular weight excluding hydrogens is 264 g/mol. The molecule has 1 aliphatic heterocycles. The Hall–Kier alpha value is -2.20. The van der Waals surface area contributed by atoms with E-state index in [9.17, 15) is 9.90 Å². The molecular formula is C17H18N2O2. The predicted molar refractivity (Wildman–Crippen MR) is 82.6 cm³/mol. The number of aliphatic hydroxyl groups is 1. The van der Waals surface area contributed by atoms with Crippen molar-refractivity contribution in [3.63, 3.8) is 0 Å². The maximum atomic E-state index is 12.2. The third-order valence-corrected chi connectivity index (χ3v) is 3.96. The van der Waals surface area contributed by atoms with Gasteiger partial charge in [-0.2, -0.15) is 0 Å². The van der Waals surface area contributed by atoms with E-state index in [1.165, 1.54) is 0 Å². The summed E-state index contributed by atoms with van der Waals surface area (Å²) in [7, 11) is 0. The average Bonchev–Trinajstić information content (AvgIpc) is 3.01. The van der Waals surface area contributed by atoms with Crippen molar-refractivity contribution in [3.05, 3.63) is 48.2 Å². The molecule has 0 spiro atoms. The molecule has 1 unspecified atom stereocenters. The highest BCUT2D eigenvalue weighted by molar-refractivity contribution is 5.95. The molecule has 1 aromatic carbocycles. The lowest BCUT2D eigenvalue weighted by molar-refractivity contribution is -0.127. The maximum Gasteiger partial charge on any atom is 0.246 e. The Balaban J connectivity index is 1.83. The lowest BCUT2D eigenvalue weighted by Crippen LogP contribution is -2.36. The molecule has 108 valence electrons. The van der Waals surface area contributed by atoms with Crippen molar-refractivity contribution in [2.75, 3.05) is 13.2 Å². The van der Waals surface area contributed by atoms with Crippen LogP contribution in [0.3, 0.4) is 0 Å². The molecule has 1 saturated heterocycles. The number of nitrogens with zero attached hydrogens (tertiary/aromatic N) is 2. The van der Waals surface area contributed by atoms with Crippen molar-refractivity contribution in [1.29, 1.82) is 0 Å². The number of aromatic nitrogens is 1. The quantitative estimate of drug-likeness (QED) is 0.878. The molecule has 2 aromatic rings. The van der Waals surface area contributed by atoms with Crippen LogP contribution in [0.4, 0.5) is 0 Å². The van der Waals surface area contributed by atoms with E-state index >= 15 is 0 Å². The molecule has 1 N–H and O–H groups in total. The molecule has 2 heterocycles. The second-order valence-corrected chi connectivity index (χ2v) is 5.26. The molecule has 1 atom stereocenters. The fourth-order valence-corrected chi connectivity index (χ4v) is 2.84. The molecule has 1 fully saturated rings. The fraction of sp³-hybridized carbons (Fsp3) is 0.294. The number of rotatable bonds is 3. The van der Waals surface area contributed by atoms with Crippen LogP contribution in [0, 0.1) is 0 Å². The predicted octanol–water partition coefficient (Wildman–Crippen LogP) is 2.23. The van der Waals surface area contributed by atoms with Gasteiger partial charge in [0.05, 0.1) is 18.2 Å². The van der Waals surface area contributed by atoms with Crippen LogP contribution in [0.15, 0.2) is 42.6 Å². The Morgan fingerprint density at radius 3 is 3.10 bits per heavy atom. The maximum absolute atomic E-state index is 12.2. The van der Waals surface area contributed by atoms with Crippen molar-refractivity contribution in [2.45, 2.75) is 18.9 Å². The van der Waals surface area contributed by atoms with Gasteiger partial charge in [-0.25, -0.2) is 0 Å². The van der Waals surface area contributed by atoms with Gasteiger partial charge >= 0.3 is 0 Å². The van der Waals surface area contributed by atoms with Gasteiger partial charge in [-0.05, 0) is 36.6 Å². The first-order valence-electron chi connectivity index (χ1n) is 7.23. The monoisotopic (exact) mass is 282 g/mol. The van der Waals surface area contributed by atoms with E-state index in [1.54, 1.807) is 17.2 Å². The smallest absolute Gasteiger partial charge is 0.246 e. The third-order valence-electron chi connectivity index (χ3n) is 3.96. The number of likely N-dealkylation sites (tertiary alicyclic amines) is 1. The standard InChI is InChI=1S/C17H18N2O2/c20-12-14-4-3-11-19(14)17(21)8-7-13-9-10-18-16-6-2-1-5-15(13)16/h1-2,5-10,14,20H,3-4,11-12H2/b8-7+. The lowest BCUT2D eigenvalue weighted by atomic mass is 10.1. The van der Waals surface area contributed by atoms with E-state index in [4.69, 9.17) is 0 Å².